The minimum Gasteiger partial charge on any atom is -0.480 e. The van der Waals surface area contributed by atoms with Gasteiger partial charge in [-0.15, -0.1) is 0 Å². The number of ether oxygens (including phenoxy) is 3. The number of aromatic nitrogens is 3. The third-order valence-corrected chi connectivity index (χ3v) is 6.28. The molecule has 5 rings (SSSR count). The average molecular weight is 472 g/mol. The van der Waals surface area contributed by atoms with Crippen LogP contribution in [0.5, 0.6) is 11.9 Å². The summed E-state index contributed by atoms with van der Waals surface area (Å²) in [6, 6.07) is 0.667. The van der Waals surface area contributed by atoms with E-state index in [1.54, 1.807) is 0 Å². The molecule has 3 aliphatic rings. The number of nitrogens with zero attached hydrogens (tertiary/aromatic N) is 5. The molecule has 11 heteroatoms. The minimum absolute atomic E-state index is 0.0221. The summed E-state index contributed by atoms with van der Waals surface area (Å²) in [5, 5.41) is 0.0670. The van der Waals surface area contributed by atoms with Crippen molar-refractivity contribution in [2.24, 2.45) is 0 Å². The fourth-order valence-corrected chi connectivity index (χ4v) is 4.70. The Labute approximate surface area is 190 Å². The zero-order valence-electron chi connectivity index (χ0n) is 18.3. The summed E-state index contributed by atoms with van der Waals surface area (Å²) < 4.78 is 42.8. The predicted octanol–water partition coefficient (Wildman–Crippen LogP) is 3.25. The maximum Gasteiger partial charge on any atom is 0.318 e. The quantitative estimate of drug-likeness (QED) is 0.632. The first-order valence-corrected chi connectivity index (χ1v) is 11.2. The van der Waals surface area contributed by atoms with E-state index in [-0.39, 0.29) is 22.6 Å². The lowest BCUT2D eigenvalue weighted by Crippen LogP contribution is -2.27. The highest BCUT2D eigenvalue weighted by Crippen LogP contribution is 2.36. The summed E-state index contributed by atoms with van der Waals surface area (Å²) in [6.07, 6.45) is 3.65. The molecule has 0 saturated carbocycles. The van der Waals surface area contributed by atoms with Crippen LogP contribution < -0.4 is 14.4 Å². The van der Waals surface area contributed by atoms with Crippen LogP contribution in [0.4, 0.5) is 14.6 Å². The van der Waals surface area contributed by atoms with E-state index in [1.807, 2.05) is 4.90 Å². The molecule has 3 saturated heterocycles. The number of fused-ring (bicyclic) bond motifs is 2. The van der Waals surface area contributed by atoms with Gasteiger partial charge in [-0.3, -0.25) is 4.90 Å². The molecule has 3 fully saturated rings. The molecule has 5 heterocycles. The number of rotatable bonds is 3. The Morgan fingerprint density at radius 3 is 2.66 bits per heavy atom. The van der Waals surface area contributed by atoms with Crippen molar-refractivity contribution in [3.63, 3.8) is 0 Å². The normalized spacial score (nSPS) is 23.5. The summed E-state index contributed by atoms with van der Waals surface area (Å²) >= 11 is 5.83. The summed E-state index contributed by atoms with van der Waals surface area (Å²) in [7, 11) is 2.87. The van der Waals surface area contributed by atoms with Gasteiger partial charge in [-0.2, -0.15) is 15.0 Å². The molecule has 2 atom stereocenters. The average Bonchev–Trinajstić information content (AvgIpc) is 3.25. The minimum atomic E-state index is -0.726. The van der Waals surface area contributed by atoms with Gasteiger partial charge in [0.2, 0.25) is 5.88 Å². The fraction of sp³-hybridized carbons (Fsp3) is 0.667. The van der Waals surface area contributed by atoms with Crippen LogP contribution in [0.1, 0.15) is 25.7 Å². The summed E-state index contributed by atoms with van der Waals surface area (Å²) in [4.78, 5) is 16.7. The van der Waals surface area contributed by atoms with Crippen LogP contribution in [0, 0.1) is 5.82 Å². The maximum absolute atomic E-state index is 14.4. The lowest BCUT2D eigenvalue weighted by atomic mass is 10.1. The molecule has 0 aliphatic carbocycles. The van der Waals surface area contributed by atoms with Crippen molar-refractivity contribution < 1.29 is 23.0 Å². The van der Waals surface area contributed by atoms with Crippen molar-refractivity contribution in [1.82, 2.24) is 19.9 Å². The lowest BCUT2D eigenvalue weighted by molar-refractivity contribution is 0.152. The molecule has 3 aliphatic heterocycles. The molecule has 2 unspecified atom stereocenters. The van der Waals surface area contributed by atoms with Crippen molar-refractivity contribution in [2.75, 3.05) is 58.5 Å². The molecule has 2 aromatic heterocycles. The number of hydrogen-bond donors (Lipinski definition) is 0. The molecule has 8 nitrogen and oxygen atoms in total. The second-order valence-corrected chi connectivity index (χ2v) is 8.42. The van der Waals surface area contributed by atoms with Gasteiger partial charge in [-0.05, 0) is 32.2 Å². The van der Waals surface area contributed by atoms with Gasteiger partial charge < -0.3 is 19.1 Å². The third-order valence-electron chi connectivity index (χ3n) is 6.03. The van der Waals surface area contributed by atoms with Crippen molar-refractivity contribution in [1.29, 1.82) is 0 Å². The van der Waals surface area contributed by atoms with Crippen LogP contribution in [-0.2, 0) is 4.74 Å². The largest absolute Gasteiger partial charge is 0.480 e. The van der Waals surface area contributed by atoms with Crippen LogP contribution in [0.25, 0.3) is 10.9 Å². The first-order chi connectivity index (χ1) is 15.5. The number of anilines is 1. The smallest absolute Gasteiger partial charge is 0.318 e. The van der Waals surface area contributed by atoms with Crippen LogP contribution in [0.15, 0.2) is 0 Å². The number of halogens is 3. The molecule has 0 aromatic carbocycles. The Hall–Kier alpha value is -2.04. The fourth-order valence-electron chi connectivity index (χ4n) is 4.53. The Morgan fingerprint density at radius 1 is 1.06 bits per heavy atom. The highest BCUT2D eigenvalue weighted by atomic mass is 35.5. The van der Waals surface area contributed by atoms with E-state index >= 15 is 0 Å². The van der Waals surface area contributed by atoms with Crippen molar-refractivity contribution >= 4 is 28.3 Å². The number of pyridine rings is 1. The monoisotopic (exact) mass is 471 g/mol. The second-order valence-electron chi connectivity index (χ2n) is 8.06. The molecular formula is C21H28ClF2N5O3. The van der Waals surface area contributed by atoms with Crippen LogP contribution in [-0.4, -0.2) is 85.7 Å². The van der Waals surface area contributed by atoms with Gasteiger partial charge in [0.1, 0.15) is 22.9 Å². The molecule has 0 bridgehead atoms. The highest BCUT2D eigenvalue weighted by Gasteiger charge is 2.34. The standard InChI is InChI=1S/C14H16ClFN4O3.C7H12FN/c1-21-13-8-10(9(16)11(15)18-13)17-14(22-2)19-12(8)20-4-3-6-23-7-5-20;8-6-4-7-2-1-3-9(7)5-6/h3-7H2,1-2H3;6-7H,1-5H2. The van der Waals surface area contributed by atoms with Crippen molar-refractivity contribution in [3.8, 4) is 11.9 Å². The first kappa shape index (κ1) is 23.1. The summed E-state index contributed by atoms with van der Waals surface area (Å²) in [5.74, 6) is -0.0537. The summed E-state index contributed by atoms with van der Waals surface area (Å²) in [5.41, 5.74) is 0.0221. The zero-order valence-corrected chi connectivity index (χ0v) is 19.1. The van der Waals surface area contributed by atoms with Gasteiger partial charge in [0.15, 0.2) is 11.0 Å². The molecule has 0 spiro atoms. The van der Waals surface area contributed by atoms with Gasteiger partial charge in [0.05, 0.1) is 20.8 Å². The lowest BCUT2D eigenvalue weighted by Gasteiger charge is -2.23. The molecule has 0 radical (unpaired) electrons. The van der Waals surface area contributed by atoms with E-state index < -0.39 is 12.0 Å². The summed E-state index contributed by atoms with van der Waals surface area (Å²) in [6.45, 7) is 4.41. The van der Waals surface area contributed by atoms with Crippen LogP contribution in [0.2, 0.25) is 5.15 Å². The van der Waals surface area contributed by atoms with Gasteiger partial charge in [-0.25, -0.2) is 8.78 Å². The van der Waals surface area contributed by atoms with E-state index in [1.165, 1.54) is 27.1 Å². The van der Waals surface area contributed by atoms with Crippen LogP contribution >= 0.6 is 11.6 Å². The van der Waals surface area contributed by atoms with E-state index in [0.29, 0.717) is 50.1 Å². The highest BCUT2D eigenvalue weighted by molar-refractivity contribution is 6.30. The number of hydrogen-bond acceptors (Lipinski definition) is 8. The van der Waals surface area contributed by atoms with Gasteiger partial charge in [0, 0.05) is 32.3 Å². The molecule has 0 N–H and O–H groups in total. The molecule has 0 amide bonds. The maximum atomic E-state index is 14.4. The van der Waals surface area contributed by atoms with E-state index in [0.717, 1.165) is 19.4 Å². The first-order valence-electron chi connectivity index (χ1n) is 10.9. The van der Waals surface area contributed by atoms with Crippen LogP contribution in [0.3, 0.4) is 0 Å². The Kier molecular flexibility index (Phi) is 7.42. The van der Waals surface area contributed by atoms with Crippen molar-refractivity contribution in [3.05, 3.63) is 11.0 Å². The SMILES string of the molecule is COc1nc(N2CCCOCC2)c2c(OC)nc(Cl)c(F)c2n1.FC1CC2CCCN2C1. The second kappa shape index (κ2) is 10.3. The zero-order chi connectivity index (χ0) is 22.7. The third kappa shape index (κ3) is 4.82. The van der Waals surface area contributed by atoms with E-state index in [4.69, 9.17) is 25.8 Å². The molecule has 2 aromatic rings. The van der Waals surface area contributed by atoms with Gasteiger partial charge in [0.25, 0.3) is 0 Å². The number of alkyl halides is 1. The van der Waals surface area contributed by atoms with E-state index in [2.05, 4.69) is 19.9 Å². The Morgan fingerprint density at radius 2 is 1.91 bits per heavy atom. The molecular weight excluding hydrogens is 444 g/mol. The Balaban J connectivity index is 0.000000225. The van der Waals surface area contributed by atoms with Crippen molar-refractivity contribution in [2.45, 2.75) is 37.9 Å². The molecule has 176 valence electrons. The Bertz CT molecular complexity index is 934. The van der Waals surface area contributed by atoms with Gasteiger partial charge >= 0.3 is 6.01 Å². The van der Waals surface area contributed by atoms with Gasteiger partial charge in [-0.1, -0.05) is 11.6 Å². The number of methoxy groups -OCH3 is 2. The van der Waals surface area contributed by atoms with E-state index in [9.17, 15) is 8.78 Å². The molecule has 32 heavy (non-hydrogen) atoms. The predicted molar refractivity (Wildman–Crippen MR) is 117 cm³/mol. The topological polar surface area (TPSA) is 72.8 Å².